The molecular formula is C13H13NO4. The first-order valence-electron chi connectivity index (χ1n) is 5.63. The van der Waals surface area contributed by atoms with Gasteiger partial charge >= 0.3 is 5.97 Å². The van der Waals surface area contributed by atoms with Crippen molar-refractivity contribution >= 4 is 23.3 Å². The molecular weight excluding hydrogens is 234 g/mol. The molecule has 0 aromatic heterocycles. The van der Waals surface area contributed by atoms with Crippen LogP contribution in [0.15, 0.2) is 18.2 Å². The SMILES string of the molecule is COC(=O)CC(=O)c1ccc2c(c1)CCC(=O)N2. The number of fused-ring (bicyclic) bond motifs is 1. The van der Waals surface area contributed by atoms with E-state index in [1.165, 1.54) is 7.11 Å². The van der Waals surface area contributed by atoms with E-state index in [9.17, 15) is 14.4 Å². The molecule has 1 heterocycles. The highest BCUT2D eigenvalue weighted by molar-refractivity contribution is 6.06. The maximum absolute atomic E-state index is 11.8. The molecule has 0 aliphatic carbocycles. The number of hydrogen-bond acceptors (Lipinski definition) is 4. The van der Waals surface area contributed by atoms with Gasteiger partial charge in [0.2, 0.25) is 5.91 Å². The average molecular weight is 247 g/mol. The Kier molecular flexibility index (Phi) is 3.41. The molecule has 1 aliphatic heterocycles. The van der Waals surface area contributed by atoms with Gasteiger partial charge in [-0.3, -0.25) is 14.4 Å². The zero-order valence-corrected chi connectivity index (χ0v) is 9.99. The standard InChI is InChI=1S/C13H13NO4/c1-18-13(17)7-11(15)9-2-4-10-8(6-9)3-5-12(16)14-10/h2,4,6H,3,5,7H2,1H3,(H,14,16). The van der Waals surface area contributed by atoms with Gasteiger partial charge in [-0.05, 0) is 30.2 Å². The molecule has 94 valence electrons. The normalized spacial score (nSPS) is 13.5. The van der Waals surface area contributed by atoms with E-state index in [0.717, 1.165) is 11.3 Å². The number of ketones is 1. The van der Waals surface area contributed by atoms with Crippen LogP contribution in [0.5, 0.6) is 0 Å². The lowest BCUT2D eigenvalue weighted by Gasteiger charge is -2.17. The van der Waals surface area contributed by atoms with E-state index >= 15 is 0 Å². The molecule has 0 bridgehead atoms. The Hall–Kier alpha value is -2.17. The van der Waals surface area contributed by atoms with Crippen LogP contribution in [0.25, 0.3) is 0 Å². The van der Waals surface area contributed by atoms with Crippen LogP contribution in [-0.4, -0.2) is 24.8 Å². The number of Topliss-reactive ketones (excluding diaryl/α,β-unsaturated/α-hetero) is 1. The summed E-state index contributed by atoms with van der Waals surface area (Å²) in [5, 5.41) is 2.74. The molecule has 5 nitrogen and oxygen atoms in total. The summed E-state index contributed by atoms with van der Waals surface area (Å²) in [4.78, 5) is 34.0. The molecule has 0 saturated carbocycles. The Morgan fingerprint density at radius 2 is 2.11 bits per heavy atom. The average Bonchev–Trinajstić information content (AvgIpc) is 2.37. The van der Waals surface area contributed by atoms with Crippen molar-refractivity contribution in [3.05, 3.63) is 29.3 Å². The first kappa shape index (κ1) is 12.3. The summed E-state index contributed by atoms with van der Waals surface area (Å²) in [6.45, 7) is 0. The third-order valence-corrected chi connectivity index (χ3v) is 2.86. The van der Waals surface area contributed by atoms with Crippen molar-refractivity contribution in [3.8, 4) is 0 Å². The summed E-state index contributed by atoms with van der Waals surface area (Å²) in [5.41, 5.74) is 2.13. The van der Waals surface area contributed by atoms with Gasteiger partial charge in [0.15, 0.2) is 5.78 Å². The number of benzene rings is 1. The van der Waals surface area contributed by atoms with Crippen LogP contribution < -0.4 is 5.32 Å². The van der Waals surface area contributed by atoms with E-state index in [-0.39, 0.29) is 18.1 Å². The van der Waals surface area contributed by atoms with Crippen LogP contribution in [0.3, 0.4) is 0 Å². The molecule has 0 saturated heterocycles. The number of anilines is 1. The van der Waals surface area contributed by atoms with Gasteiger partial charge in [-0.25, -0.2) is 0 Å². The van der Waals surface area contributed by atoms with E-state index in [1.54, 1.807) is 18.2 Å². The van der Waals surface area contributed by atoms with Crippen molar-refractivity contribution in [2.45, 2.75) is 19.3 Å². The molecule has 2 rings (SSSR count). The lowest BCUT2D eigenvalue weighted by atomic mass is 9.98. The lowest BCUT2D eigenvalue weighted by molar-refractivity contribution is -0.139. The Morgan fingerprint density at radius 3 is 2.83 bits per heavy atom. The van der Waals surface area contributed by atoms with Gasteiger partial charge in [0.25, 0.3) is 0 Å². The summed E-state index contributed by atoms with van der Waals surface area (Å²) < 4.78 is 4.45. The Morgan fingerprint density at radius 1 is 1.33 bits per heavy atom. The van der Waals surface area contributed by atoms with Gasteiger partial charge in [0.1, 0.15) is 6.42 Å². The van der Waals surface area contributed by atoms with Crippen molar-refractivity contribution in [2.24, 2.45) is 0 Å². The third-order valence-electron chi connectivity index (χ3n) is 2.86. The Labute approximate surface area is 104 Å². The molecule has 0 fully saturated rings. The summed E-state index contributed by atoms with van der Waals surface area (Å²) in [6.07, 6.45) is 0.768. The highest BCUT2D eigenvalue weighted by Gasteiger charge is 2.18. The van der Waals surface area contributed by atoms with E-state index in [1.807, 2.05) is 0 Å². The fraction of sp³-hybridized carbons (Fsp3) is 0.308. The van der Waals surface area contributed by atoms with Crippen LogP contribution in [-0.2, 0) is 20.7 Å². The highest BCUT2D eigenvalue weighted by Crippen LogP contribution is 2.24. The number of aryl methyl sites for hydroxylation is 1. The largest absolute Gasteiger partial charge is 0.469 e. The molecule has 0 unspecified atom stereocenters. The predicted molar refractivity (Wildman–Crippen MR) is 64.4 cm³/mol. The van der Waals surface area contributed by atoms with Crippen molar-refractivity contribution in [1.82, 2.24) is 0 Å². The number of ether oxygens (including phenoxy) is 1. The number of nitrogens with one attached hydrogen (secondary N) is 1. The van der Waals surface area contributed by atoms with E-state index < -0.39 is 5.97 Å². The van der Waals surface area contributed by atoms with Crippen LogP contribution in [0.1, 0.15) is 28.8 Å². The molecule has 1 amide bonds. The van der Waals surface area contributed by atoms with Crippen LogP contribution in [0.4, 0.5) is 5.69 Å². The van der Waals surface area contributed by atoms with Crippen molar-refractivity contribution < 1.29 is 19.1 Å². The fourth-order valence-corrected chi connectivity index (χ4v) is 1.86. The Bertz CT molecular complexity index is 522. The van der Waals surface area contributed by atoms with Crippen molar-refractivity contribution in [1.29, 1.82) is 0 Å². The number of carbonyl (C=O) groups is 3. The molecule has 18 heavy (non-hydrogen) atoms. The van der Waals surface area contributed by atoms with E-state index in [0.29, 0.717) is 18.4 Å². The molecule has 1 aromatic rings. The predicted octanol–water partition coefficient (Wildman–Crippen LogP) is 1.32. The van der Waals surface area contributed by atoms with E-state index in [2.05, 4.69) is 10.1 Å². The third kappa shape index (κ3) is 2.56. The summed E-state index contributed by atoms with van der Waals surface area (Å²) in [7, 11) is 1.25. The molecule has 0 radical (unpaired) electrons. The zero-order chi connectivity index (χ0) is 13.1. The number of esters is 1. The lowest BCUT2D eigenvalue weighted by Crippen LogP contribution is -2.19. The molecule has 1 N–H and O–H groups in total. The van der Waals surface area contributed by atoms with Gasteiger partial charge in [-0.1, -0.05) is 0 Å². The molecule has 5 heteroatoms. The van der Waals surface area contributed by atoms with Crippen LogP contribution in [0, 0.1) is 0 Å². The smallest absolute Gasteiger partial charge is 0.313 e. The Balaban J connectivity index is 2.18. The molecule has 0 spiro atoms. The minimum atomic E-state index is -0.550. The van der Waals surface area contributed by atoms with E-state index in [4.69, 9.17) is 0 Å². The van der Waals surface area contributed by atoms with Gasteiger partial charge in [-0.15, -0.1) is 0 Å². The number of methoxy groups -OCH3 is 1. The number of rotatable bonds is 3. The van der Waals surface area contributed by atoms with Crippen LogP contribution in [0.2, 0.25) is 0 Å². The minimum Gasteiger partial charge on any atom is -0.469 e. The quantitative estimate of drug-likeness (QED) is 0.496. The summed E-state index contributed by atoms with van der Waals surface area (Å²) >= 11 is 0. The molecule has 0 atom stereocenters. The number of amides is 1. The van der Waals surface area contributed by atoms with Crippen molar-refractivity contribution in [3.63, 3.8) is 0 Å². The summed E-state index contributed by atoms with van der Waals surface area (Å²) in [6, 6.07) is 5.02. The van der Waals surface area contributed by atoms with Crippen molar-refractivity contribution in [2.75, 3.05) is 12.4 Å². The van der Waals surface area contributed by atoms with Gasteiger partial charge in [-0.2, -0.15) is 0 Å². The zero-order valence-electron chi connectivity index (χ0n) is 9.99. The maximum atomic E-state index is 11.8. The number of carbonyl (C=O) groups excluding carboxylic acids is 3. The monoisotopic (exact) mass is 247 g/mol. The molecule has 1 aromatic carbocycles. The first-order chi connectivity index (χ1) is 8.60. The second kappa shape index (κ2) is 5.00. The van der Waals surface area contributed by atoms with Gasteiger partial charge in [0, 0.05) is 17.7 Å². The van der Waals surface area contributed by atoms with Gasteiger partial charge < -0.3 is 10.1 Å². The maximum Gasteiger partial charge on any atom is 0.313 e. The highest BCUT2D eigenvalue weighted by atomic mass is 16.5. The summed E-state index contributed by atoms with van der Waals surface area (Å²) in [5.74, 6) is -0.844. The number of hydrogen-bond donors (Lipinski definition) is 1. The van der Waals surface area contributed by atoms with Gasteiger partial charge in [0.05, 0.1) is 7.11 Å². The fourth-order valence-electron chi connectivity index (χ4n) is 1.86. The molecule has 1 aliphatic rings. The van der Waals surface area contributed by atoms with Crippen LogP contribution >= 0.6 is 0 Å². The first-order valence-corrected chi connectivity index (χ1v) is 5.63. The topological polar surface area (TPSA) is 72.5 Å². The second-order valence-electron chi connectivity index (χ2n) is 4.10. The minimum absolute atomic E-state index is 0.0175. The second-order valence-corrected chi connectivity index (χ2v) is 4.10.